The maximum absolute atomic E-state index is 12.0. The van der Waals surface area contributed by atoms with E-state index in [4.69, 9.17) is 4.74 Å². The number of Topliss-reactive ketones (excluding diaryl/α,β-unsaturated/α-hetero) is 1. The summed E-state index contributed by atoms with van der Waals surface area (Å²) in [6.07, 6.45) is 1.03. The van der Waals surface area contributed by atoms with Gasteiger partial charge in [0.15, 0.2) is 0 Å². The van der Waals surface area contributed by atoms with Crippen molar-refractivity contribution in [2.24, 2.45) is 35.0 Å². The van der Waals surface area contributed by atoms with Crippen LogP contribution in [0.1, 0.15) is 20.3 Å². The number of esters is 1. The first-order valence-electron chi connectivity index (χ1n) is 5.69. The van der Waals surface area contributed by atoms with Crippen LogP contribution in [0.5, 0.6) is 0 Å². The van der Waals surface area contributed by atoms with Gasteiger partial charge in [-0.1, -0.05) is 13.8 Å². The molecule has 0 N–H and O–H groups in total. The Morgan fingerprint density at radius 3 is 2.60 bits per heavy atom. The zero-order valence-electron chi connectivity index (χ0n) is 9.32. The second kappa shape index (κ2) is 2.45. The molecule has 4 fully saturated rings. The lowest BCUT2D eigenvalue weighted by Crippen LogP contribution is -2.38. The minimum Gasteiger partial charge on any atom is -0.469 e. The van der Waals surface area contributed by atoms with E-state index in [1.165, 1.54) is 7.11 Å². The fourth-order valence-electron chi connectivity index (χ4n) is 4.58. The van der Waals surface area contributed by atoms with Gasteiger partial charge in [-0.25, -0.2) is 0 Å². The third-order valence-corrected chi connectivity index (χ3v) is 5.13. The molecule has 1 unspecified atom stereocenters. The number of rotatable bonds is 1. The van der Waals surface area contributed by atoms with Gasteiger partial charge in [-0.3, -0.25) is 9.59 Å². The molecular formula is C12H16O3. The molecule has 4 aliphatic rings. The Morgan fingerprint density at radius 1 is 1.47 bits per heavy atom. The van der Waals surface area contributed by atoms with Gasteiger partial charge in [0.1, 0.15) is 5.78 Å². The van der Waals surface area contributed by atoms with E-state index in [1.54, 1.807) is 0 Å². The number of hydrogen-bond donors (Lipinski definition) is 0. The Morgan fingerprint density at radius 2 is 2.13 bits per heavy atom. The largest absolute Gasteiger partial charge is 0.469 e. The van der Waals surface area contributed by atoms with Gasteiger partial charge in [0.25, 0.3) is 0 Å². The Labute approximate surface area is 89.2 Å². The summed E-state index contributed by atoms with van der Waals surface area (Å²) in [4.78, 5) is 23.9. The number of hydrogen-bond acceptors (Lipinski definition) is 3. The van der Waals surface area contributed by atoms with Crippen molar-refractivity contribution in [3.05, 3.63) is 0 Å². The summed E-state index contributed by atoms with van der Waals surface area (Å²) in [5, 5.41) is 0. The Bertz CT molecular complexity index is 360. The maximum atomic E-state index is 12.0. The summed E-state index contributed by atoms with van der Waals surface area (Å²) in [6, 6.07) is 0. The summed E-state index contributed by atoms with van der Waals surface area (Å²) in [5.41, 5.74) is -0.414. The minimum absolute atomic E-state index is 0.00106. The van der Waals surface area contributed by atoms with Crippen LogP contribution in [0.2, 0.25) is 0 Å². The quantitative estimate of drug-likeness (QED) is 0.609. The molecule has 4 rings (SSSR count). The average molecular weight is 208 g/mol. The van der Waals surface area contributed by atoms with Crippen LogP contribution in [-0.4, -0.2) is 18.9 Å². The van der Waals surface area contributed by atoms with Crippen molar-refractivity contribution in [1.29, 1.82) is 0 Å². The number of carbonyl (C=O) groups is 2. The normalized spacial score (nSPS) is 55.4. The summed E-state index contributed by atoms with van der Waals surface area (Å²) in [5.74, 6) is 1.22. The van der Waals surface area contributed by atoms with Crippen molar-refractivity contribution < 1.29 is 14.3 Å². The Kier molecular flexibility index (Phi) is 1.53. The van der Waals surface area contributed by atoms with Crippen molar-refractivity contribution in [2.45, 2.75) is 20.3 Å². The topological polar surface area (TPSA) is 43.4 Å². The molecule has 0 aromatic rings. The van der Waals surface area contributed by atoms with E-state index >= 15 is 0 Å². The monoisotopic (exact) mass is 208 g/mol. The second-order valence-electron chi connectivity index (χ2n) is 5.44. The zero-order chi connectivity index (χ0) is 11.0. The first-order chi connectivity index (χ1) is 7.06. The smallest absolute Gasteiger partial charge is 0.313 e. The van der Waals surface area contributed by atoms with Gasteiger partial charge in [-0.2, -0.15) is 0 Å². The molecule has 3 heteroatoms. The lowest BCUT2D eigenvalue weighted by atomic mass is 9.68. The van der Waals surface area contributed by atoms with E-state index in [0.29, 0.717) is 11.7 Å². The van der Waals surface area contributed by atoms with Crippen molar-refractivity contribution in [1.82, 2.24) is 0 Å². The van der Waals surface area contributed by atoms with Crippen LogP contribution in [-0.2, 0) is 14.3 Å². The maximum Gasteiger partial charge on any atom is 0.313 e. The zero-order valence-corrected chi connectivity index (χ0v) is 9.32. The highest BCUT2D eigenvalue weighted by atomic mass is 16.5. The molecule has 0 heterocycles. The molecule has 0 aromatic heterocycles. The summed E-state index contributed by atoms with van der Waals surface area (Å²) < 4.78 is 4.89. The van der Waals surface area contributed by atoms with E-state index in [-0.39, 0.29) is 29.6 Å². The lowest BCUT2D eigenvalue weighted by Gasteiger charge is -2.35. The van der Waals surface area contributed by atoms with Gasteiger partial charge in [0, 0.05) is 11.8 Å². The van der Waals surface area contributed by atoms with Crippen LogP contribution in [0, 0.1) is 35.0 Å². The van der Waals surface area contributed by atoms with Crippen molar-refractivity contribution in [2.75, 3.05) is 7.11 Å². The van der Waals surface area contributed by atoms with E-state index in [9.17, 15) is 9.59 Å². The molecule has 82 valence electrons. The Hall–Kier alpha value is -0.860. The molecule has 4 aliphatic carbocycles. The standard InChI is InChI=1S/C12H16O3/c1-5-4-7-9-10(13)8(5)6(2)12(7,9)11(14)15-3/h5-9H,4H2,1-3H3/t5-,6+,7+,8+,9?,12+/m0/s1. The highest BCUT2D eigenvalue weighted by Gasteiger charge is 2.84. The molecule has 0 aromatic carbocycles. The van der Waals surface area contributed by atoms with E-state index < -0.39 is 5.41 Å². The van der Waals surface area contributed by atoms with Gasteiger partial charge >= 0.3 is 5.97 Å². The highest BCUT2D eigenvalue weighted by Crippen LogP contribution is 2.77. The van der Waals surface area contributed by atoms with Crippen LogP contribution < -0.4 is 0 Å². The third kappa shape index (κ3) is 0.734. The fraction of sp³-hybridized carbons (Fsp3) is 0.833. The lowest BCUT2D eigenvalue weighted by molar-refractivity contribution is -0.151. The third-order valence-electron chi connectivity index (χ3n) is 5.13. The number of ketones is 1. The van der Waals surface area contributed by atoms with Gasteiger partial charge < -0.3 is 4.74 Å². The van der Waals surface area contributed by atoms with Crippen LogP contribution >= 0.6 is 0 Å². The molecule has 4 saturated carbocycles. The van der Waals surface area contributed by atoms with Crippen LogP contribution in [0.15, 0.2) is 0 Å². The SMILES string of the molecule is COC(=O)[C@]12C3C(=O)[C@@H]([C@H]1C)[C@@H](C)C[C@H]32. The number of ether oxygens (including phenoxy) is 1. The molecule has 15 heavy (non-hydrogen) atoms. The predicted octanol–water partition coefficient (Wildman–Crippen LogP) is 1.27. The van der Waals surface area contributed by atoms with E-state index in [1.807, 2.05) is 0 Å². The van der Waals surface area contributed by atoms with Crippen LogP contribution in [0.4, 0.5) is 0 Å². The molecule has 0 aliphatic heterocycles. The fourth-order valence-corrected chi connectivity index (χ4v) is 4.58. The van der Waals surface area contributed by atoms with Crippen molar-refractivity contribution >= 4 is 11.8 Å². The predicted molar refractivity (Wildman–Crippen MR) is 52.9 cm³/mol. The molecule has 4 bridgehead atoms. The average Bonchev–Trinajstić information content (AvgIpc) is 2.80. The number of methoxy groups -OCH3 is 1. The summed E-state index contributed by atoms with van der Waals surface area (Å²) in [6.45, 7) is 4.18. The van der Waals surface area contributed by atoms with E-state index in [0.717, 1.165) is 6.42 Å². The van der Waals surface area contributed by atoms with Crippen molar-refractivity contribution in [3.63, 3.8) is 0 Å². The van der Waals surface area contributed by atoms with Crippen molar-refractivity contribution in [3.8, 4) is 0 Å². The molecule has 3 nitrogen and oxygen atoms in total. The molecule has 6 atom stereocenters. The number of fused-ring (bicyclic) bond motifs is 1. The Balaban J connectivity index is 2.04. The summed E-state index contributed by atoms with van der Waals surface area (Å²) in [7, 11) is 1.43. The van der Waals surface area contributed by atoms with Gasteiger partial charge in [-0.15, -0.1) is 0 Å². The van der Waals surface area contributed by atoms with Crippen LogP contribution in [0.3, 0.4) is 0 Å². The van der Waals surface area contributed by atoms with Crippen LogP contribution in [0.25, 0.3) is 0 Å². The molecule has 0 saturated heterocycles. The summed E-state index contributed by atoms with van der Waals surface area (Å²) >= 11 is 0. The van der Waals surface area contributed by atoms with Gasteiger partial charge in [0.05, 0.1) is 12.5 Å². The van der Waals surface area contributed by atoms with E-state index in [2.05, 4.69) is 13.8 Å². The molecule has 0 radical (unpaired) electrons. The first-order valence-corrected chi connectivity index (χ1v) is 5.69. The molecule has 0 amide bonds. The highest BCUT2D eigenvalue weighted by molar-refractivity contribution is 6.02. The number of carbonyl (C=O) groups excluding carboxylic acids is 2. The molecular weight excluding hydrogens is 192 g/mol. The van der Waals surface area contributed by atoms with Gasteiger partial charge in [-0.05, 0) is 24.2 Å². The first kappa shape index (κ1) is 9.37. The second-order valence-corrected chi connectivity index (χ2v) is 5.44. The molecule has 0 spiro atoms. The van der Waals surface area contributed by atoms with Gasteiger partial charge in [0.2, 0.25) is 0 Å². The minimum atomic E-state index is -0.414.